The normalized spacial score (nSPS) is 16.7. The molecule has 2 saturated heterocycles. The van der Waals surface area contributed by atoms with Gasteiger partial charge in [0.1, 0.15) is 30.3 Å². The molecule has 380 valence electrons. The molecule has 21 heteroatoms. The molecule has 71 heavy (non-hydrogen) atoms. The molecule has 7 rings (SSSR count). The Bertz CT molecular complexity index is 2680. The molecule has 2 fully saturated rings. The van der Waals surface area contributed by atoms with Crippen LogP contribution in [-0.2, 0) is 35.2 Å². The number of methoxy groups -OCH3 is 1. The van der Waals surface area contributed by atoms with Gasteiger partial charge in [0.15, 0.2) is 17.3 Å². The number of aliphatic hydroxyl groups is 1. The number of fused-ring (bicyclic) bond motifs is 1. The molecule has 4 amide bonds. The Kier molecular flexibility index (Phi) is 18.1. The van der Waals surface area contributed by atoms with Gasteiger partial charge in [-0.2, -0.15) is 0 Å². The number of benzene rings is 3. The zero-order valence-electron chi connectivity index (χ0n) is 40.3. The number of hydrogen-bond acceptors (Lipinski definition) is 14. The van der Waals surface area contributed by atoms with Gasteiger partial charge in [0.25, 0.3) is 0 Å². The van der Waals surface area contributed by atoms with Gasteiger partial charge in [-0.05, 0) is 41.7 Å². The van der Waals surface area contributed by atoms with Gasteiger partial charge in [0, 0.05) is 63.3 Å². The van der Waals surface area contributed by atoms with Crippen molar-refractivity contribution in [2.75, 3.05) is 58.5 Å². The summed E-state index contributed by atoms with van der Waals surface area (Å²) in [5.41, 5.74) is 4.61. The van der Waals surface area contributed by atoms with Crippen LogP contribution in [0.5, 0.6) is 11.5 Å². The van der Waals surface area contributed by atoms with Crippen molar-refractivity contribution in [1.29, 1.82) is 0 Å². The average molecular weight is 1040 g/mol. The molecule has 0 spiro atoms. The number of aromatic nitrogens is 3. The lowest BCUT2D eigenvalue weighted by Gasteiger charge is -2.35. The minimum atomic E-state index is -0.963. The van der Waals surface area contributed by atoms with Crippen molar-refractivity contribution >= 4 is 80.6 Å². The fraction of sp³-hybridized carbons (Fsp3) is 0.460. The number of thiazole rings is 1. The summed E-state index contributed by atoms with van der Waals surface area (Å²) in [4.78, 5) is 70.8. The van der Waals surface area contributed by atoms with Crippen molar-refractivity contribution in [3.63, 3.8) is 0 Å². The molecule has 2 aliphatic rings. The average Bonchev–Trinajstić information content (AvgIpc) is 3.98. The van der Waals surface area contributed by atoms with Crippen LogP contribution in [-0.4, -0.2) is 131 Å². The van der Waals surface area contributed by atoms with Gasteiger partial charge >= 0.3 is 0 Å². The number of rotatable bonds is 20. The standard InChI is InChI=1S/C50H59Cl2FN8O9S/c1-29-45(71-28-57-29)31-8-6-30(7-9-31)25-54-48(65)38-22-32(62)26-61(38)49(66)46(50(2,3)4)59-41(63)14-18-68-20-21-69-19-15-42(64)60-16-12-33(13-17-60)70-40-23-34-37(24-39(40)67-5)55-27-56-47(34)58-36-11-10-35(51)43(52)44(36)53/h6-11,23-24,27-28,32-33,38,46,62H,12-22,25-26H2,1-5H3,(H,54,65)(H,59,63)(H,55,56,58)/t32-,38+,46?/m1/s1. The summed E-state index contributed by atoms with van der Waals surface area (Å²) in [6, 6.07) is 12.4. The summed E-state index contributed by atoms with van der Waals surface area (Å²) >= 11 is 13.6. The summed E-state index contributed by atoms with van der Waals surface area (Å²) in [5.74, 6) is -0.754. The Balaban J connectivity index is 0.793. The van der Waals surface area contributed by atoms with Crippen molar-refractivity contribution in [1.82, 2.24) is 35.4 Å². The van der Waals surface area contributed by atoms with Crippen molar-refractivity contribution in [3.05, 3.63) is 87.5 Å². The first-order valence-corrected chi connectivity index (χ1v) is 25.0. The summed E-state index contributed by atoms with van der Waals surface area (Å²) in [7, 11) is 1.53. The van der Waals surface area contributed by atoms with E-state index in [1.165, 1.54) is 30.5 Å². The molecular weight excluding hydrogens is 979 g/mol. The maximum Gasteiger partial charge on any atom is 0.246 e. The number of likely N-dealkylation sites (tertiary alicyclic amines) is 2. The van der Waals surface area contributed by atoms with E-state index in [4.69, 9.17) is 42.1 Å². The lowest BCUT2D eigenvalue weighted by Crippen LogP contribution is -2.57. The largest absolute Gasteiger partial charge is 0.493 e. The zero-order chi connectivity index (χ0) is 50.8. The number of aliphatic hydroxyl groups excluding tert-OH is 1. The molecule has 17 nitrogen and oxygen atoms in total. The number of β-amino-alcohol motifs (C(OH)–C–C–N with tert-alkyl or cyclic N) is 1. The Morgan fingerprint density at radius 1 is 0.944 bits per heavy atom. The fourth-order valence-corrected chi connectivity index (χ4v) is 9.51. The van der Waals surface area contributed by atoms with Crippen LogP contribution in [0.3, 0.4) is 0 Å². The number of amides is 4. The number of nitrogens with zero attached hydrogens (tertiary/aromatic N) is 5. The number of aryl methyl sites for hydroxylation is 1. The van der Waals surface area contributed by atoms with Crippen molar-refractivity contribution in [2.45, 2.75) is 90.6 Å². The predicted octanol–water partition coefficient (Wildman–Crippen LogP) is 7.25. The van der Waals surface area contributed by atoms with E-state index in [-0.39, 0.29) is 92.4 Å². The second kappa shape index (κ2) is 24.1. The van der Waals surface area contributed by atoms with Crippen LogP contribution >= 0.6 is 34.5 Å². The van der Waals surface area contributed by atoms with Crippen LogP contribution in [0.2, 0.25) is 10.0 Å². The van der Waals surface area contributed by atoms with Crippen molar-refractivity contribution in [2.24, 2.45) is 5.41 Å². The number of carbonyl (C=O) groups excluding carboxylic acids is 4. The Morgan fingerprint density at radius 2 is 1.66 bits per heavy atom. The van der Waals surface area contributed by atoms with E-state index < -0.39 is 41.2 Å². The lowest BCUT2D eigenvalue weighted by molar-refractivity contribution is -0.144. The van der Waals surface area contributed by atoms with Gasteiger partial charge in [0.2, 0.25) is 23.6 Å². The Hall–Kier alpha value is -5.70. The summed E-state index contributed by atoms with van der Waals surface area (Å²) < 4.78 is 38.2. The molecule has 1 unspecified atom stereocenters. The molecule has 0 radical (unpaired) electrons. The van der Waals surface area contributed by atoms with Crippen LogP contribution in [0.25, 0.3) is 21.3 Å². The van der Waals surface area contributed by atoms with Crippen LogP contribution in [0.1, 0.15) is 64.1 Å². The summed E-state index contributed by atoms with van der Waals surface area (Å²) in [6.07, 6.45) is 1.66. The molecule has 3 aromatic carbocycles. The quantitative estimate of drug-likeness (QED) is 0.0448. The highest BCUT2D eigenvalue weighted by Gasteiger charge is 2.44. The number of anilines is 2. The molecule has 3 atom stereocenters. The van der Waals surface area contributed by atoms with E-state index in [0.717, 1.165) is 21.7 Å². The van der Waals surface area contributed by atoms with E-state index >= 15 is 0 Å². The van der Waals surface area contributed by atoms with E-state index in [1.807, 2.05) is 52.0 Å². The second-order valence-corrected chi connectivity index (χ2v) is 20.1. The third kappa shape index (κ3) is 13.6. The number of piperidine rings is 1. The molecule has 4 heterocycles. The van der Waals surface area contributed by atoms with Crippen molar-refractivity contribution in [3.8, 4) is 21.9 Å². The molecule has 0 bridgehead atoms. The van der Waals surface area contributed by atoms with Gasteiger partial charge in [0.05, 0.1) is 83.4 Å². The molecule has 0 aliphatic carbocycles. The van der Waals surface area contributed by atoms with E-state index in [0.29, 0.717) is 54.2 Å². The van der Waals surface area contributed by atoms with Gasteiger partial charge in [-0.25, -0.2) is 19.3 Å². The number of ether oxygens (including phenoxy) is 4. The monoisotopic (exact) mass is 1040 g/mol. The van der Waals surface area contributed by atoms with E-state index in [2.05, 4.69) is 30.9 Å². The molecule has 2 aromatic heterocycles. The van der Waals surface area contributed by atoms with Gasteiger partial charge in [-0.15, -0.1) is 11.3 Å². The van der Waals surface area contributed by atoms with Crippen molar-refractivity contribution < 1.29 is 47.6 Å². The summed E-state index contributed by atoms with van der Waals surface area (Å²) in [5, 5.41) is 19.8. The van der Waals surface area contributed by atoms with Gasteiger partial charge < -0.3 is 49.8 Å². The lowest BCUT2D eigenvalue weighted by atomic mass is 9.85. The van der Waals surface area contributed by atoms with Gasteiger partial charge in [-0.3, -0.25) is 19.2 Å². The van der Waals surface area contributed by atoms with Crippen LogP contribution in [0, 0.1) is 18.2 Å². The number of halogens is 3. The number of nitrogens with one attached hydrogen (secondary N) is 3. The van der Waals surface area contributed by atoms with E-state index in [9.17, 15) is 28.7 Å². The third-order valence-electron chi connectivity index (χ3n) is 12.3. The second-order valence-electron chi connectivity index (χ2n) is 18.5. The number of hydrogen-bond donors (Lipinski definition) is 4. The molecule has 0 saturated carbocycles. The third-order valence-corrected chi connectivity index (χ3v) is 14.1. The maximum atomic E-state index is 14.9. The summed E-state index contributed by atoms with van der Waals surface area (Å²) in [6.45, 7) is 9.30. The highest BCUT2D eigenvalue weighted by molar-refractivity contribution is 7.13. The van der Waals surface area contributed by atoms with Crippen LogP contribution in [0.15, 0.2) is 60.4 Å². The maximum absolute atomic E-state index is 14.9. The Morgan fingerprint density at radius 3 is 2.34 bits per heavy atom. The smallest absolute Gasteiger partial charge is 0.246 e. The minimum absolute atomic E-state index is 0.0204. The molecule has 2 aliphatic heterocycles. The zero-order valence-corrected chi connectivity index (χ0v) is 42.6. The highest BCUT2D eigenvalue weighted by Crippen LogP contribution is 2.38. The first-order valence-electron chi connectivity index (χ1n) is 23.4. The number of carbonyl (C=O) groups is 4. The molecule has 5 aromatic rings. The topological polar surface area (TPSA) is 207 Å². The predicted molar refractivity (Wildman–Crippen MR) is 269 cm³/mol. The van der Waals surface area contributed by atoms with Gasteiger partial charge in [-0.1, -0.05) is 68.2 Å². The Labute approximate surface area is 425 Å². The first kappa shape index (κ1) is 53.1. The van der Waals surface area contributed by atoms with Crippen LogP contribution in [0.4, 0.5) is 15.9 Å². The first-order chi connectivity index (χ1) is 34.0. The van der Waals surface area contributed by atoms with Crippen LogP contribution < -0.4 is 25.4 Å². The van der Waals surface area contributed by atoms with E-state index in [1.54, 1.807) is 33.9 Å². The SMILES string of the molecule is COc1cc2ncnc(Nc3ccc(Cl)c(Cl)c3F)c2cc1OC1CCN(C(=O)CCOCCOCCC(=O)NC(C(=O)N2C[C@H](O)C[C@H]2C(=O)NCc2ccc(-c3scnc3C)cc2)C(C)(C)C)CC1. The molecule has 4 N–H and O–H groups in total. The molecular formula is C50H59Cl2FN8O9S. The fourth-order valence-electron chi connectivity index (χ4n) is 8.39. The highest BCUT2D eigenvalue weighted by atomic mass is 35.5. The minimum Gasteiger partial charge on any atom is -0.493 e.